The summed E-state index contributed by atoms with van der Waals surface area (Å²) in [5, 5.41) is 11.9. The van der Waals surface area contributed by atoms with E-state index < -0.39 is 0 Å². The predicted octanol–water partition coefficient (Wildman–Crippen LogP) is 5.74. The first-order valence-electron chi connectivity index (χ1n) is 15.0. The van der Waals surface area contributed by atoms with Crippen LogP contribution in [-0.2, 0) is 6.54 Å². The number of hydrogen-bond acceptors (Lipinski definition) is 4. The number of carbonyl (C=O) groups is 1. The van der Waals surface area contributed by atoms with Crippen LogP contribution in [0.3, 0.4) is 0 Å². The number of carbonyl (C=O) groups excluding carboxylic acids is 1. The van der Waals surface area contributed by atoms with Crippen molar-refractivity contribution < 1.29 is 9.53 Å². The van der Waals surface area contributed by atoms with E-state index in [1.165, 1.54) is 96.3 Å². The van der Waals surface area contributed by atoms with Crippen LogP contribution in [0.1, 0.15) is 107 Å². The zero-order chi connectivity index (χ0) is 23.6. The van der Waals surface area contributed by atoms with Crippen molar-refractivity contribution in [2.24, 2.45) is 29.6 Å². The molecule has 6 aliphatic carbocycles. The first kappa shape index (κ1) is 26.3. The molecule has 1 aromatic rings. The monoisotopic (exact) mass is 518 g/mol. The maximum Gasteiger partial charge on any atom is 0.258 e. The molecule has 6 saturated carbocycles. The number of nitrogens with one attached hydrogen (secondary N) is 2. The summed E-state index contributed by atoms with van der Waals surface area (Å²) in [6, 6.07) is 0.975. The number of halogens is 1. The van der Waals surface area contributed by atoms with Crippen molar-refractivity contribution in [2.75, 3.05) is 13.2 Å². The maximum atomic E-state index is 13.6. The van der Waals surface area contributed by atoms with Gasteiger partial charge in [-0.15, -0.1) is 12.4 Å². The van der Waals surface area contributed by atoms with Crippen LogP contribution in [0.4, 0.5) is 0 Å². The second kappa shape index (κ2) is 12.1. The minimum Gasteiger partial charge on any atom is -0.477 e. The molecule has 1 amide bonds. The molecule has 6 fully saturated rings. The van der Waals surface area contributed by atoms with Gasteiger partial charge in [0.1, 0.15) is 5.56 Å². The Kier molecular flexibility index (Phi) is 8.83. The largest absolute Gasteiger partial charge is 0.477 e. The first-order chi connectivity index (χ1) is 17.2. The lowest BCUT2D eigenvalue weighted by Gasteiger charge is -2.54. The van der Waals surface area contributed by atoms with Crippen molar-refractivity contribution in [3.63, 3.8) is 0 Å². The minimum absolute atomic E-state index is 0. The fourth-order valence-electron chi connectivity index (χ4n) is 8.46. The van der Waals surface area contributed by atoms with E-state index in [0.717, 1.165) is 24.9 Å². The van der Waals surface area contributed by atoms with Crippen LogP contribution < -0.4 is 15.4 Å². The Bertz CT molecular complexity index is 833. The molecule has 1 heterocycles. The van der Waals surface area contributed by atoms with Gasteiger partial charge >= 0.3 is 0 Å². The molecule has 6 aliphatic rings. The van der Waals surface area contributed by atoms with E-state index in [4.69, 9.17) is 4.74 Å². The fourth-order valence-corrected chi connectivity index (χ4v) is 8.46. The summed E-state index contributed by atoms with van der Waals surface area (Å²) < 4.78 is 8.38. The van der Waals surface area contributed by atoms with Gasteiger partial charge in [-0.05, 0) is 87.4 Å². The second-order valence-electron chi connectivity index (χ2n) is 12.6. The van der Waals surface area contributed by atoms with Gasteiger partial charge < -0.3 is 15.4 Å². The Morgan fingerprint density at radius 3 is 2.22 bits per heavy atom. The van der Waals surface area contributed by atoms with Crippen LogP contribution in [0.15, 0.2) is 6.20 Å². The molecule has 0 aromatic carbocycles. The summed E-state index contributed by atoms with van der Waals surface area (Å²) >= 11 is 0. The zero-order valence-corrected chi connectivity index (χ0v) is 22.8. The lowest BCUT2D eigenvalue weighted by Crippen LogP contribution is -2.55. The van der Waals surface area contributed by atoms with Crippen LogP contribution in [0.2, 0.25) is 0 Å². The predicted molar refractivity (Wildman–Crippen MR) is 145 cm³/mol. The minimum atomic E-state index is 0. The lowest BCUT2D eigenvalue weighted by atomic mass is 9.54. The average Bonchev–Trinajstić information content (AvgIpc) is 3.28. The Morgan fingerprint density at radius 2 is 1.56 bits per heavy atom. The topological polar surface area (TPSA) is 68.2 Å². The summed E-state index contributed by atoms with van der Waals surface area (Å²) in [6.07, 6.45) is 21.5. The van der Waals surface area contributed by atoms with Crippen LogP contribution in [0.25, 0.3) is 0 Å². The zero-order valence-electron chi connectivity index (χ0n) is 22.0. The molecular weight excluding hydrogens is 472 g/mol. The standard InChI is InChI=1S/C29H46N4O2.ClH/c34-28(32-27-23-14-21-13-22(16-23)17-24(27)15-21)26-18-31-33(12-11-30-25-9-5-2-6-10-25)29(26)35-19-20-7-3-1-4-8-20;/h18,20-25,27,30H,1-17,19H2,(H,32,34);1H. The molecule has 0 aliphatic heterocycles. The second-order valence-corrected chi connectivity index (χ2v) is 12.6. The number of ether oxygens (including phenoxy) is 1. The van der Waals surface area contributed by atoms with Gasteiger partial charge in [-0.1, -0.05) is 38.5 Å². The van der Waals surface area contributed by atoms with E-state index in [1.807, 2.05) is 4.68 Å². The molecular formula is C29H47ClN4O2. The van der Waals surface area contributed by atoms with Crippen LogP contribution in [-0.4, -0.2) is 40.9 Å². The highest BCUT2D eigenvalue weighted by atomic mass is 35.5. The van der Waals surface area contributed by atoms with E-state index in [9.17, 15) is 4.79 Å². The number of amides is 1. The SMILES string of the molecule is Cl.O=C(NC1C2CC3CC(C2)CC1C3)c1cnn(CCNC2CCCCC2)c1OCC1CCCCC1. The van der Waals surface area contributed by atoms with E-state index in [1.54, 1.807) is 6.20 Å². The summed E-state index contributed by atoms with van der Waals surface area (Å²) in [7, 11) is 0. The third-order valence-corrected chi connectivity index (χ3v) is 10.1. The van der Waals surface area contributed by atoms with Gasteiger partial charge in [0.15, 0.2) is 0 Å². The van der Waals surface area contributed by atoms with Crippen LogP contribution in [0, 0.1) is 29.6 Å². The maximum absolute atomic E-state index is 13.6. The van der Waals surface area contributed by atoms with E-state index in [2.05, 4.69) is 15.7 Å². The summed E-state index contributed by atoms with van der Waals surface area (Å²) in [4.78, 5) is 13.6. The molecule has 0 spiro atoms. The Hall–Kier alpha value is -1.27. The highest BCUT2D eigenvalue weighted by Gasteiger charge is 2.48. The molecule has 0 atom stereocenters. The van der Waals surface area contributed by atoms with E-state index in [-0.39, 0.29) is 18.3 Å². The summed E-state index contributed by atoms with van der Waals surface area (Å²) in [5.41, 5.74) is 0.646. The van der Waals surface area contributed by atoms with Crippen molar-refractivity contribution in [2.45, 2.75) is 115 Å². The third-order valence-electron chi connectivity index (χ3n) is 10.1. The molecule has 36 heavy (non-hydrogen) atoms. The number of rotatable bonds is 9. The highest BCUT2D eigenvalue weighted by Crippen LogP contribution is 2.53. The fraction of sp³-hybridized carbons (Fsp3) is 0.862. The number of aromatic nitrogens is 2. The average molecular weight is 519 g/mol. The van der Waals surface area contributed by atoms with Gasteiger partial charge in [0.05, 0.1) is 19.3 Å². The molecule has 6 nitrogen and oxygen atoms in total. The van der Waals surface area contributed by atoms with Gasteiger partial charge in [0.25, 0.3) is 5.91 Å². The highest BCUT2D eigenvalue weighted by molar-refractivity contribution is 5.96. The van der Waals surface area contributed by atoms with E-state index in [0.29, 0.717) is 47.9 Å². The molecule has 1 aromatic heterocycles. The summed E-state index contributed by atoms with van der Waals surface area (Å²) in [5.74, 6) is 4.52. The van der Waals surface area contributed by atoms with Crippen molar-refractivity contribution in [3.05, 3.63) is 11.8 Å². The van der Waals surface area contributed by atoms with Crippen molar-refractivity contribution in [1.82, 2.24) is 20.4 Å². The molecule has 202 valence electrons. The Labute approximate surface area is 223 Å². The van der Waals surface area contributed by atoms with Gasteiger partial charge in [-0.3, -0.25) is 4.79 Å². The molecule has 0 radical (unpaired) electrons. The quantitative estimate of drug-likeness (QED) is 0.437. The van der Waals surface area contributed by atoms with Crippen LogP contribution >= 0.6 is 12.4 Å². The molecule has 2 N–H and O–H groups in total. The van der Waals surface area contributed by atoms with Crippen molar-refractivity contribution in [1.29, 1.82) is 0 Å². The normalized spacial score (nSPS) is 32.3. The summed E-state index contributed by atoms with van der Waals surface area (Å²) in [6.45, 7) is 2.34. The lowest BCUT2D eigenvalue weighted by molar-refractivity contribution is -0.0120. The Morgan fingerprint density at radius 1 is 0.917 bits per heavy atom. The molecule has 4 bridgehead atoms. The van der Waals surface area contributed by atoms with E-state index >= 15 is 0 Å². The molecule has 0 saturated heterocycles. The van der Waals surface area contributed by atoms with Gasteiger partial charge in [0.2, 0.25) is 5.88 Å². The molecule has 0 unspecified atom stereocenters. The van der Waals surface area contributed by atoms with Crippen LogP contribution in [0.5, 0.6) is 5.88 Å². The first-order valence-corrected chi connectivity index (χ1v) is 15.0. The molecule has 7 rings (SSSR count). The smallest absolute Gasteiger partial charge is 0.258 e. The van der Waals surface area contributed by atoms with Crippen molar-refractivity contribution in [3.8, 4) is 5.88 Å². The Balaban J connectivity index is 0.00000267. The van der Waals surface area contributed by atoms with Gasteiger partial charge in [0, 0.05) is 18.6 Å². The van der Waals surface area contributed by atoms with Gasteiger partial charge in [-0.2, -0.15) is 5.10 Å². The van der Waals surface area contributed by atoms with Crippen molar-refractivity contribution >= 4 is 18.3 Å². The number of nitrogens with zero attached hydrogens (tertiary/aromatic N) is 2. The molecule has 7 heteroatoms. The van der Waals surface area contributed by atoms with Gasteiger partial charge in [-0.25, -0.2) is 4.68 Å². The third kappa shape index (κ3) is 5.90. The number of hydrogen-bond donors (Lipinski definition) is 2.